The van der Waals surface area contributed by atoms with Crippen molar-refractivity contribution in [3.63, 3.8) is 0 Å². The van der Waals surface area contributed by atoms with Gasteiger partial charge in [0, 0.05) is 0 Å². The quantitative estimate of drug-likeness (QED) is 0.517. The molecule has 2 amide bonds. The fraction of sp³-hybridized carbons (Fsp3) is 0.273. The third-order valence-corrected chi connectivity index (χ3v) is 2.86. The van der Waals surface area contributed by atoms with E-state index in [-0.39, 0.29) is 5.06 Å². The van der Waals surface area contributed by atoms with Gasteiger partial charge in [-0.2, -0.15) is 0 Å². The highest BCUT2D eigenvalue weighted by molar-refractivity contribution is 6.21. The van der Waals surface area contributed by atoms with E-state index in [9.17, 15) is 14.8 Å². The van der Waals surface area contributed by atoms with Crippen LogP contribution < -0.4 is 0 Å². The van der Waals surface area contributed by atoms with Gasteiger partial charge in [-0.05, 0) is 37.5 Å². The number of hydrogen-bond donors (Lipinski definition) is 1. The SMILES string of the molecule is Cc1cc(C)c2c(c1C)C(=O)N(O)C2=O. The van der Waals surface area contributed by atoms with Crippen LogP contribution in [0, 0.1) is 20.8 Å². The molecular weight excluding hydrogens is 194 g/mol. The van der Waals surface area contributed by atoms with Crippen molar-refractivity contribution in [2.45, 2.75) is 20.8 Å². The topological polar surface area (TPSA) is 57.6 Å². The normalized spacial score (nSPS) is 14.8. The maximum absolute atomic E-state index is 11.6. The highest BCUT2D eigenvalue weighted by atomic mass is 16.5. The lowest BCUT2D eigenvalue weighted by atomic mass is 9.95. The van der Waals surface area contributed by atoms with Crippen molar-refractivity contribution in [3.05, 3.63) is 33.9 Å². The van der Waals surface area contributed by atoms with Crippen LogP contribution in [0.2, 0.25) is 0 Å². The molecule has 0 atom stereocenters. The van der Waals surface area contributed by atoms with E-state index in [2.05, 4.69) is 0 Å². The van der Waals surface area contributed by atoms with Gasteiger partial charge in [0.15, 0.2) is 0 Å². The van der Waals surface area contributed by atoms with Crippen LogP contribution in [0.15, 0.2) is 6.07 Å². The second-order valence-corrected chi connectivity index (χ2v) is 3.81. The summed E-state index contributed by atoms with van der Waals surface area (Å²) < 4.78 is 0. The summed E-state index contributed by atoms with van der Waals surface area (Å²) in [5.41, 5.74) is 3.09. The predicted molar refractivity (Wildman–Crippen MR) is 52.9 cm³/mol. The number of amides is 2. The van der Waals surface area contributed by atoms with E-state index >= 15 is 0 Å². The number of aryl methyl sites for hydroxylation is 2. The van der Waals surface area contributed by atoms with Crippen LogP contribution in [-0.4, -0.2) is 22.1 Å². The Morgan fingerprint density at radius 3 is 2.13 bits per heavy atom. The van der Waals surface area contributed by atoms with Gasteiger partial charge in [0.25, 0.3) is 11.8 Å². The minimum atomic E-state index is -0.629. The monoisotopic (exact) mass is 205 g/mol. The van der Waals surface area contributed by atoms with Crippen LogP contribution in [-0.2, 0) is 0 Å². The molecule has 15 heavy (non-hydrogen) atoms. The highest BCUT2D eigenvalue weighted by Crippen LogP contribution is 2.29. The van der Waals surface area contributed by atoms with E-state index in [4.69, 9.17) is 0 Å². The number of hydrogen-bond acceptors (Lipinski definition) is 3. The fourth-order valence-electron chi connectivity index (χ4n) is 1.93. The smallest absolute Gasteiger partial charge is 0.278 e. The van der Waals surface area contributed by atoms with Gasteiger partial charge in [0.1, 0.15) is 0 Å². The first-order chi connectivity index (χ1) is 6.95. The molecule has 2 rings (SSSR count). The van der Waals surface area contributed by atoms with Crippen molar-refractivity contribution in [3.8, 4) is 0 Å². The zero-order valence-corrected chi connectivity index (χ0v) is 8.79. The van der Waals surface area contributed by atoms with Crippen LogP contribution in [0.5, 0.6) is 0 Å². The summed E-state index contributed by atoms with van der Waals surface area (Å²) in [4.78, 5) is 23.1. The van der Waals surface area contributed by atoms with Gasteiger partial charge < -0.3 is 0 Å². The molecule has 0 aromatic heterocycles. The van der Waals surface area contributed by atoms with Gasteiger partial charge in [-0.1, -0.05) is 6.07 Å². The van der Waals surface area contributed by atoms with E-state index in [0.717, 1.165) is 16.7 Å². The van der Waals surface area contributed by atoms with Crippen molar-refractivity contribution < 1.29 is 14.8 Å². The summed E-state index contributed by atoms with van der Waals surface area (Å²) >= 11 is 0. The maximum Gasteiger partial charge on any atom is 0.285 e. The Hall–Kier alpha value is -1.68. The van der Waals surface area contributed by atoms with Crippen LogP contribution in [0.25, 0.3) is 0 Å². The molecule has 4 nitrogen and oxygen atoms in total. The molecule has 0 radical (unpaired) electrons. The van der Waals surface area contributed by atoms with Gasteiger partial charge >= 0.3 is 0 Å². The van der Waals surface area contributed by atoms with E-state index in [0.29, 0.717) is 11.1 Å². The van der Waals surface area contributed by atoms with E-state index in [1.807, 2.05) is 13.0 Å². The molecule has 0 bridgehead atoms. The zero-order valence-electron chi connectivity index (χ0n) is 8.79. The Bertz CT molecular complexity index is 491. The summed E-state index contributed by atoms with van der Waals surface area (Å²) in [7, 11) is 0. The molecule has 0 fully saturated rings. The second-order valence-electron chi connectivity index (χ2n) is 3.81. The summed E-state index contributed by atoms with van der Waals surface area (Å²) in [5, 5.41) is 9.45. The summed E-state index contributed by atoms with van der Waals surface area (Å²) in [6.45, 7) is 5.41. The Kier molecular flexibility index (Phi) is 1.91. The van der Waals surface area contributed by atoms with Crippen molar-refractivity contribution in [1.82, 2.24) is 5.06 Å². The van der Waals surface area contributed by atoms with Crippen molar-refractivity contribution in [2.24, 2.45) is 0 Å². The van der Waals surface area contributed by atoms with Gasteiger partial charge in [0.2, 0.25) is 0 Å². The maximum atomic E-state index is 11.6. The number of hydroxylamine groups is 2. The molecule has 1 aromatic carbocycles. The molecule has 1 aliphatic heterocycles. The standard InChI is InChI=1S/C11H11NO3/c1-5-4-6(2)8-9(7(5)3)11(14)12(15)10(8)13/h4,15H,1-3H3. The fourth-order valence-corrected chi connectivity index (χ4v) is 1.93. The first-order valence-electron chi connectivity index (χ1n) is 4.63. The Morgan fingerprint density at radius 2 is 1.53 bits per heavy atom. The van der Waals surface area contributed by atoms with E-state index < -0.39 is 11.8 Å². The lowest BCUT2D eigenvalue weighted by Crippen LogP contribution is -2.25. The average molecular weight is 205 g/mol. The summed E-state index contributed by atoms with van der Waals surface area (Å²) in [6.07, 6.45) is 0. The molecule has 1 heterocycles. The Balaban J connectivity index is 2.85. The Labute approximate surface area is 87.1 Å². The molecule has 0 spiro atoms. The number of benzene rings is 1. The van der Waals surface area contributed by atoms with Crippen LogP contribution in [0.1, 0.15) is 37.4 Å². The van der Waals surface area contributed by atoms with Gasteiger partial charge in [-0.25, -0.2) is 0 Å². The van der Waals surface area contributed by atoms with Crippen molar-refractivity contribution >= 4 is 11.8 Å². The lowest BCUT2D eigenvalue weighted by Gasteiger charge is -2.06. The number of carbonyl (C=O) groups is 2. The third-order valence-electron chi connectivity index (χ3n) is 2.86. The lowest BCUT2D eigenvalue weighted by molar-refractivity contribution is -0.0327. The predicted octanol–water partition coefficient (Wildman–Crippen LogP) is 1.60. The molecule has 0 saturated heterocycles. The average Bonchev–Trinajstić information content (AvgIpc) is 2.40. The summed E-state index contributed by atoms with van der Waals surface area (Å²) in [5.74, 6) is -1.25. The zero-order chi connectivity index (χ0) is 11.3. The third kappa shape index (κ3) is 1.11. The molecule has 1 aromatic rings. The molecular formula is C11H11NO3. The van der Waals surface area contributed by atoms with E-state index in [1.54, 1.807) is 13.8 Å². The summed E-state index contributed by atoms with van der Waals surface area (Å²) in [6, 6.07) is 1.85. The van der Waals surface area contributed by atoms with Crippen LogP contribution >= 0.6 is 0 Å². The number of fused-ring (bicyclic) bond motifs is 1. The molecule has 1 N–H and O–H groups in total. The molecule has 78 valence electrons. The molecule has 4 heteroatoms. The van der Waals surface area contributed by atoms with Gasteiger partial charge in [0.05, 0.1) is 11.1 Å². The minimum absolute atomic E-state index is 0.185. The van der Waals surface area contributed by atoms with Crippen molar-refractivity contribution in [2.75, 3.05) is 0 Å². The van der Waals surface area contributed by atoms with Crippen molar-refractivity contribution in [1.29, 1.82) is 0 Å². The largest absolute Gasteiger partial charge is 0.285 e. The first kappa shape index (κ1) is 9.86. The Morgan fingerprint density at radius 1 is 1.00 bits per heavy atom. The molecule has 1 aliphatic rings. The second kappa shape index (κ2) is 2.90. The van der Waals surface area contributed by atoms with Gasteiger partial charge in [-0.15, -0.1) is 5.06 Å². The molecule has 0 aliphatic carbocycles. The number of rotatable bonds is 0. The minimum Gasteiger partial charge on any atom is -0.278 e. The first-order valence-corrected chi connectivity index (χ1v) is 4.63. The van der Waals surface area contributed by atoms with Crippen LogP contribution in [0.3, 0.4) is 0 Å². The molecule has 0 saturated carbocycles. The number of carbonyl (C=O) groups excluding carboxylic acids is 2. The molecule has 0 unspecified atom stereocenters. The highest BCUT2D eigenvalue weighted by Gasteiger charge is 2.37. The number of nitrogens with zero attached hydrogens (tertiary/aromatic N) is 1. The van der Waals surface area contributed by atoms with Crippen LogP contribution in [0.4, 0.5) is 0 Å². The van der Waals surface area contributed by atoms with E-state index in [1.165, 1.54) is 0 Å². The van der Waals surface area contributed by atoms with Gasteiger partial charge in [-0.3, -0.25) is 14.8 Å². The number of imide groups is 1.